The Morgan fingerprint density at radius 2 is 2.09 bits per heavy atom. The van der Waals surface area contributed by atoms with Crippen LogP contribution < -0.4 is 5.32 Å². The fraction of sp³-hybridized carbons (Fsp3) is 0.529. The van der Waals surface area contributed by atoms with Gasteiger partial charge in [-0.2, -0.15) is 0 Å². The van der Waals surface area contributed by atoms with E-state index >= 15 is 0 Å². The molecule has 1 aromatic carbocycles. The summed E-state index contributed by atoms with van der Waals surface area (Å²) < 4.78 is 1.57. The molecule has 0 unspecified atom stereocenters. The van der Waals surface area contributed by atoms with Gasteiger partial charge in [0.1, 0.15) is 6.33 Å². The van der Waals surface area contributed by atoms with E-state index in [-0.39, 0.29) is 11.9 Å². The van der Waals surface area contributed by atoms with Gasteiger partial charge in [-0.1, -0.05) is 6.42 Å². The molecule has 4 atom stereocenters. The SMILES string of the molecule is C[C@H](NC(=O)c1ccc(-n2cnnn2)cc1)[C@H]1C[C@H]2CC[C@H]1C2. The Hall–Kier alpha value is -2.24. The summed E-state index contributed by atoms with van der Waals surface area (Å²) in [7, 11) is 0. The van der Waals surface area contributed by atoms with Gasteiger partial charge < -0.3 is 5.32 Å². The molecule has 1 heterocycles. The summed E-state index contributed by atoms with van der Waals surface area (Å²) in [6.07, 6.45) is 6.92. The molecule has 1 amide bonds. The molecule has 2 bridgehead atoms. The van der Waals surface area contributed by atoms with Gasteiger partial charge in [-0.3, -0.25) is 4.79 Å². The van der Waals surface area contributed by atoms with Gasteiger partial charge in [-0.25, -0.2) is 4.68 Å². The van der Waals surface area contributed by atoms with Crippen LogP contribution in [-0.4, -0.2) is 32.2 Å². The summed E-state index contributed by atoms with van der Waals surface area (Å²) >= 11 is 0. The summed E-state index contributed by atoms with van der Waals surface area (Å²) in [5.41, 5.74) is 1.52. The normalized spacial score (nSPS) is 27.1. The Morgan fingerprint density at radius 3 is 2.70 bits per heavy atom. The van der Waals surface area contributed by atoms with Crippen LogP contribution in [0.4, 0.5) is 0 Å². The predicted octanol–water partition coefficient (Wildman–Crippen LogP) is 2.22. The number of rotatable bonds is 4. The van der Waals surface area contributed by atoms with Crippen molar-refractivity contribution in [2.24, 2.45) is 17.8 Å². The lowest BCUT2D eigenvalue weighted by Gasteiger charge is -2.28. The van der Waals surface area contributed by atoms with Crippen LogP contribution in [0.1, 0.15) is 43.0 Å². The Labute approximate surface area is 135 Å². The van der Waals surface area contributed by atoms with Crippen LogP contribution in [0.15, 0.2) is 30.6 Å². The molecule has 2 fully saturated rings. The molecule has 6 heteroatoms. The molecule has 0 spiro atoms. The molecule has 2 saturated carbocycles. The van der Waals surface area contributed by atoms with Crippen molar-refractivity contribution in [1.29, 1.82) is 0 Å². The van der Waals surface area contributed by atoms with Crippen molar-refractivity contribution >= 4 is 5.91 Å². The topological polar surface area (TPSA) is 72.7 Å². The smallest absolute Gasteiger partial charge is 0.251 e. The lowest BCUT2D eigenvalue weighted by molar-refractivity contribution is 0.0915. The van der Waals surface area contributed by atoms with Crippen LogP contribution in [-0.2, 0) is 0 Å². The number of nitrogens with zero attached hydrogens (tertiary/aromatic N) is 4. The molecule has 120 valence electrons. The highest BCUT2D eigenvalue weighted by atomic mass is 16.1. The average molecular weight is 311 g/mol. The van der Waals surface area contributed by atoms with Gasteiger partial charge in [0.05, 0.1) is 5.69 Å². The highest BCUT2D eigenvalue weighted by Gasteiger charge is 2.42. The predicted molar refractivity (Wildman–Crippen MR) is 85.0 cm³/mol. The van der Waals surface area contributed by atoms with Crippen LogP contribution in [0.3, 0.4) is 0 Å². The van der Waals surface area contributed by atoms with Gasteiger partial charge in [-0.05, 0) is 78.6 Å². The first-order chi connectivity index (χ1) is 11.2. The molecule has 2 aliphatic carbocycles. The lowest BCUT2D eigenvalue weighted by atomic mass is 9.84. The number of nitrogens with one attached hydrogen (secondary N) is 1. The van der Waals surface area contributed by atoms with Crippen molar-refractivity contribution in [2.45, 2.75) is 38.6 Å². The Balaban J connectivity index is 1.41. The number of fused-ring (bicyclic) bond motifs is 2. The van der Waals surface area contributed by atoms with Crippen molar-refractivity contribution in [1.82, 2.24) is 25.5 Å². The van der Waals surface area contributed by atoms with E-state index in [1.54, 1.807) is 4.68 Å². The maximum absolute atomic E-state index is 12.5. The van der Waals surface area contributed by atoms with Gasteiger partial charge in [0.15, 0.2) is 0 Å². The number of hydrogen-bond acceptors (Lipinski definition) is 4. The van der Waals surface area contributed by atoms with Gasteiger partial charge in [0.25, 0.3) is 5.91 Å². The lowest BCUT2D eigenvalue weighted by Crippen LogP contribution is -2.40. The first-order valence-corrected chi connectivity index (χ1v) is 8.35. The maximum Gasteiger partial charge on any atom is 0.251 e. The van der Waals surface area contributed by atoms with E-state index in [0.717, 1.165) is 17.5 Å². The Kier molecular flexibility index (Phi) is 3.59. The van der Waals surface area contributed by atoms with Crippen LogP contribution in [0.2, 0.25) is 0 Å². The van der Waals surface area contributed by atoms with E-state index in [4.69, 9.17) is 0 Å². The third-order valence-electron chi connectivity index (χ3n) is 5.54. The van der Waals surface area contributed by atoms with Gasteiger partial charge >= 0.3 is 0 Å². The van der Waals surface area contributed by atoms with Crippen LogP contribution in [0, 0.1) is 17.8 Å². The standard InChI is InChI=1S/C17H21N5O/c1-11(16-9-12-2-3-14(16)8-12)19-17(23)13-4-6-15(7-5-13)22-10-18-20-21-22/h4-7,10-12,14,16H,2-3,8-9H2,1H3,(H,19,23)/t11-,12-,14-,16+/m0/s1. The molecule has 2 aromatic rings. The van der Waals surface area contributed by atoms with Gasteiger partial charge in [0.2, 0.25) is 0 Å². The second kappa shape index (κ2) is 5.76. The number of hydrogen-bond donors (Lipinski definition) is 1. The molecular formula is C17H21N5O. The molecule has 6 nitrogen and oxygen atoms in total. The van der Waals surface area contributed by atoms with Crippen LogP contribution >= 0.6 is 0 Å². The maximum atomic E-state index is 12.5. The summed E-state index contributed by atoms with van der Waals surface area (Å²) in [4.78, 5) is 12.5. The minimum atomic E-state index is 0.00328. The van der Waals surface area contributed by atoms with Crippen LogP contribution in [0.5, 0.6) is 0 Å². The molecular weight excluding hydrogens is 290 g/mol. The van der Waals surface area contributed by atoms with Crippen molar-refractivity contribution in [2.75, 3.05) is 0 Å². The molecule has 0 aliphatic heterocycles. The third-order valence-corrected chi connectivity index (χ3v) is 5.54. The Morgan fingerprint density at radius 1 is 1.26 bits per heavy atom. The van der Waals surface area contributed by atoms with E-state index < -0.39 is 0 Å². The number of aromatic nitrogens is 4. The average Bonchev–Trinajstić information content (AvgIpc) is 3.32. The van der Waals surface area contributed by atoms with Crippen molar-refractivity contribution in [3.8, 4) is 5.69 Å². The molecule has 1 aromatic heterocycles. The number of amides is 1. The van der Waals surface area contributed by atoms with Gasteiger partial charge in [-0.15, -0.1) is 5.10 Å². The van der Waals surface area contributed by atoms with E-state index in [1.165, 1.54) is 32.0 Å². The molecule has 4 rings (SSSR count). The third kappa shape index (κ3) is 2.73. The van der Waals surface area contributed by atoms with E-state index in [1.807, 2.05) is 24.3 Å². The van der Waals surface area contributed by atoms with Gasteiger partial charge in [0, 0.05) is 11.6 Å². The monoisotopic (exact) mass is 311 g/mol. The zero-order chi connectivity index (χ0) is 15.8. The highest BCUT2D eigenvalue weighted by molar-refractivity contribution is 5.94. The van der Waals surface area contributed by atoms with E-state index in [9.17, 15) is 4.79 Å². The number of carbonyl (C=O) groups is 1. The zero-order valence-electron chi connectivity index (χ0n) is 13.2. The van der Waals surface area contributed by atoms with E-state index in [2.05, 4.69) is 27.8 Å². The highest BCUT2D eigenvalue weighted by Crippen LogP contribution is 2.49. The van der Waals surface area contributed by atoms with Crippen molar-refractivity contribution < 1.29 is 4.79 Å². The minimum absolute atomic E-state index is 0.00328. The first-order valence-electron chi connectivity index (χ1n) is 8.35. The summed E-state index contributed by atoms with van der Waals surface area (Å²) in [6.45, 7) is 2.15. The van der Waals surface area contributed by atoms with Crippen molar-refractivity contribution in [3.63, 3.8) is 0 Å². The fourth-order valence-corrected chi connectivity index (χ4v) is 4.35. The fourth-order valence-electron chi connectivity index (χ4n) is 4.35. The summed E-state index contributed by atoms with van der Waals surface area (Å²) in [5.74, 6) is 2.37. The molecule has 0 saturated heterocycles. The molecule has 23 heavy (non-hydrogen) atoms. The van der Waals surface area contributed by atoms with E-state index in [0.29, 0.717) is 11.5 Å². The number of benzene rings is 1. The quantitative estimate of drug-likeness (QED) is 0.939. The summed E-state index contributed by atoms with van der Waals surface area (Å²) in [5, 5.41) is 14.3. The first kappa shape index (κ1) is 14.4. The van der Waals surface area contributed by atoms with Crippen molar-refractivity contribution in [3.05, 3.63) is 36.2 Å². The molecule has 0 radical (unpaired) electrons. The zero-order valence-corrected chi connectivity index (χ0v) is 13.2. The largest absolute Gasteiger partial charge is 0.349 e. The number of tetrazole rings is 1. The molecule has 2 aliphatic rings. The number of carbonyl (C=O) groups excluding carboxylic acids is 1. The Bertz CT molecular complexity index is 682. The summed E-state index contributed by atoms with van der Waals surface area (Å²) in [6, 6.07) is 7.60. The molecule has 1 N–H and O–H groups in total. The minimum Gasteiger partial charge on any atom is -0.349 e. The van der Waals surface area contributed by atoms with Crippen LogP contribution in [0.25, 0.3) is 5.69 Å². The second-order valence-electron chi connectivity index (χ2n) is 6.90. The second-order valence-corrected chi connectivity index (χ2v) is 6.90.